The second-order valence-corrected chi connectivity index (χ2v) is 7.20. The highest BCUT2D eigenvalue weighted by Crippen LogP contribution is 2.18. The van der Waals surface area contributed by atoms with Gasteiger partial charge in [0.25, 0.3) is 5.56 Å². The minimum atomic E-state index is -0.318. The number of nitrogens with two attached hydrogens (primary N) is 1. The van der Waals surface area contributed by atoms with Crippen LogP contribution < -0.4 is 10.9 Å². The summed E-state index contributed by atoms with van der Waals surface area (Å²) in [6, 6.07) is 13.5. The van der Waals surface area contributed by atoms with Crippen LogP contribution in [0.1, 0.15) is 57.8 Å². The summed E-state index contributed by atoms with van der Waals surface area (Å²) in [5, 5.41) is 2.86. The van der Waals surface area contributed by atoms with Crippen LogP contribution in [0.4, 0.5) is 4.39 Å². The maximum atomic E-state index is 13.4. The molecule has 1 aromatic heterocycles. The molecule has 0 aliphatic rings. The number of nitrogens with zero attached hydrogens (tertiary/aromatic N) is 2. The van der Waals surface area contributed by atoms with Crippen LogP contribution in [0, 0.1) is 5.82 Å². The molecule has 1 atom stereocenters. The Morgan fingerprint density at radius 1 is 1.04 bits per heavy atom. The van der Waals surface area contributed by atoms with Crippen LogP contribution in [0.2, 0.25) is 0 Å². The average Bonchev–Trinajstić information content (AvgIpc) is 2.72. The fraction of sp³-hybridized carbons (Fsp3) is 0.391. The monoisotopic (exact) mass is 382 g/mol. The molecule has 0 radical (unpaired) electrons. The van der Waals surface area contributed by atoms with Crippen molar-refractivity contribution in [3.8, 4) is 5.69 Å². The Hall–Kier alpha value is -2.53. The number of hydrogen-bond acceptors (Lipinski definition) is 2. The Morgan fingerprint density at radius 2 is 1.79 bits per heavy atom. The highest BCUT2D eigenvalue weighted by Gasteiger charge is 2.22. The molecule has 148 valence electrons. The van der Waals surface area contributed by atoms with Gasteiger partial charge in [0.05, 0.1) is 23.1 Å². The lowest BCUT2D eigenvalue weighted by molar-refractivity contribution is -0.698. The highest BCUT2D eigenvalue weighted by atomic mass is 19.1. The molecule has 0 unspecified atom stereocenters. The van der Waals surface area contributed by atoms with Crippen molar-refractivity contribution < 1.29 is 9.71 Å². The number of para-hydroxylation sites is 1. The standard InChI is InChI=1S/C23H28FN3O/c1-3-5-6-9-16-25-20(4-2)22-26-21-11-8-7-10-19(21)23(28)27(22)18-14-12-17(24)13-15-18/h7-8,10-15,20,25H,3-6,9,16H2,1-2H3/p+1/t20-/m0/s1. The predicted molar refractivity (Wildman–Crippen MR) is 111 cm³/mol. The zero-order valence-corrected chi connectivity index (χ0v) is 16.7. The van der Waals surface area contributed by atoms with E-state index in [0.717, 1.165) is 25.2 Å². The third-order valence-electron chi connectivity index (χ3n) is 5.17. The maximum absolute atomic E-state index is 13.4. The van der Waals surface area contributed by atoms with Crippen LogP contribution in [0.3, 0.4) is 0 Å². The number of quaternary nitrogens is 1. The number of unbranched alkanes of at least 4 members (excludes halogenated alkanes) is 3. The molecule has 1 heterocycles. The smallest absolute Gasteiger partial charge is 0.266 e. The molecule has 3 aromatic rings. The second kappa shape index (κ2) is 9.60. The number of aromatic nitrogens is 2. The molecule has 0 saturated carbocycles. The molecule has 28 heavy (non-hydrogen) atoms. The lowest BCUT2D eigenvalue weighted by Gasteiger charge is -2.19. The first-order chi connectivity index (χ1) is 13.7. The Kier molecular flexibility index (Phi) is 6.93. The molecule has 0 saturated heterocycles. The number of halogens is 1. The molecular weight excluding hydrogens is 353 g/mol. The van der Waals surface area contributed by atoms with Gasteiger partial charge in [0.1, 0.15) is 11.9 Å². The molecule has 0 aliphatic carbocycles. The van der Waals surface area contributed by atoms with E-state index in [1.54, 1.807) is 22.8 Å². The van der Waals surface area contributed by atoms with Crippen molar-refractivity contribution in [3.63, 3.8) is 0 Å². The third-order valence-corrected chi connectivity index (χ3v) is 5.17. The lowest BCUT2D eigenvalue weighted by atomic mass is 10.1. The van der Waals surface area contributed by atoms with Crippen LogP contribution >= 0.6 is 0 Å². The van der Waals surface area contributed by atoms with Crippen molar-refractivity contribution in [2.45, 2.75) is 52.0 Å². The van der Waals surface area contributed by atoms with E-state index in [-0.39, 0.29) is 17.4 Å². The van der Waals surface area contributed by atoms with Gasteiger partial charge in [0.2, 0.25) is 0 Å². The van der Waals surface area contributed by atoms with Crippen molar-refractivity contribution in [2.75, 3.05) is 6.54 Å². The van der Waals surface area contributed by atoms with Crippen LogP contribution in [0.5, 0.6) is 0 Å². The Bertz CT molecular complexity index is 966. The van der Waals surface area contributed by atoms with Gasteiger partial charge in [-0.15, -0.1) is 0 Å². The van der Waals surface area contributed by atoms with Crippen molar-refractivity contribution >= 4 is 10.9 Å². The topological polar surface area (TPSA) is 51.5 Å². The van der Waals surface area contributed by atoms with E-state index in [4.69, 9.17) is 4.98 Å². The van der Waals surface area contributed by atoms with Gasteiger partial charge in [-0.25, -0.2) is 9.37 Å². The minimum absolute atomic E-state index is 0.0731. The quantitative estimate of drug-likeness (QED) is 0.566. The Balaban J connectivity index is 2.04. The summed E-state index contributed by atoms with van der Waals surface area (Å²) in [6.45, 7) is 5.33. The van der Waals surface area contributed by atoms with Crippen LogP contribution in [0.15, 0.2) is 53.3 Å². The second-order valence-electron chi connectivity index (χ2n) is 7.20. The summed E-state index contributed by atoms with van der Waals surface area (Å²) >= 11 is 0. The van der Waals surface area contributed by atoms with E-state index >= 15 is 0 Å². The zero-order valence-electron chi connectivity index (χ0n) is 16.7. The first-order valence-electron chi connectivity index (χ1n) is 10.3. The molecular formula is C23H29FN3O+. The largest absolute Gasteiger partial charge is 0.338 e. The molecule has 0 spiro atoms. The molecule has 2 aromatic carbocycles. The van der Waals surface area contributed by atoms with E-state index in [9.17, 15) is 9.18 Å². The summed E-state index contributed by atoms with van der Waals surface area (Å²) in [6.07, 6.45) is 5.70. The molecule has 2 N–H and O–H groups in total. The molecule has 0 amide bonds. The summed E-state index contributed by atoms with van der Waals surface area (Å²) in [7, 11) is 0. The number of benzene rings is 2. The van der Waals surface area contributed by atoms with Gasteiger partial charge in [0, 0.05) is 6.42 Å². The van der Waals surface area contributed by atoms with E-state index in [2.05, 4.69) is 19.2 Å². The van der Waals surface area contributed by atoms with Gasteiger partial charge in [-0.05, 0) is 49.2 Å². The highest BCUT2D eigenvalue weighted by molar-refractivity contribution is 5.77. The van der Waals surface area contributed by atoms with Crippen molar-refractivity contribution in [1.82, 2.24) is 9.55 Å². The van der Waals surface area contributed by atoms with Gasteiger partial charge in [-0.3, -0.25) is 9.36 Å². The van der Waals surface area contributed by atoms with Gasteiger partial charge in [0.15, 0.2) is 5.82 Å². The van der Waals surface area contributed by atoms with Crippen LogP contribution in [-0.4, -0.2) is 16.1 Å². The van der Waals surface area contributed by atoms with Gasteiger partial charge in [-0.2, -0.15) is 0 Å². The van der Waals surface area contributed by atoms with Gasteiger partial charge in [-0.1, -0.05) is 38.8 Å². The Labute approximate surface area is 165 Å². The normalized spacial score (nSPS) is 12.4. The molecule has 0 aliphatic heterocycles. The van der Waals surface area contributed by atoms with Gasteiger partial charge >= 0.3 is 0 Å². The molecule has 4 nitrogen and oxygen atoms in total. The van der Waals surface area contributed by atoms with Crippen LogP contribution in [-0.2, 0) is 0 Å². The molecule has 0 fully saturated rings. The summed E-state index contributed by atoms with van der Waals surface area (Å²) in [4.78, 5) is 18.1. The number of rotatable bonds is 9. The molecule has 5 heteroatoms. The summed E-state index contributed by atoms with van der Waals surface area (Å²) < 4.78 is 15.1. The third kappa shape index (κ3) is 4.47. The molecule has 3 rings (SSSR count). The number of hydrogen-bond donors (Lipinski definition) is 1. The van der Waals surface area contributed by atoms with Crippen molar-refractivity contribution in [2.24, 2.45) is 0 Å². The van der Waals surface area contributed by atoms with E-state index in [1.165, 1.54) is 31.4 Å². The maximum Gasteiger partial charge on any atom is 0.266 e. The van der Waals surface area contributed by atoms with Crippen molar-refractivity contribution in [3.05, 3.63) is 70.5 Å². The Morgan fingerprint density at radius 3 is 2.50 bits per heavy atom. The van der Waals surface area contributed by atoms with Crippen LogP contribution in [0.25, 0.3) is 16.6 Å². The molecule has 0 bridgehead atoms. The zero-order chi connectivity index (χ0) is 19.9. The fourth-order valence-corrected chi connectivity index (χ4v) is 3.58. The summed E-state index contributed by atoms with van der Waals surface area (Å²) in [5.74, 6) is 0.412. The lowest BCUT2D eigenvalue weighted by Crippen LogP contribution is -2.85. The first-order valence-corrected chi connectivity index (χ1v) is 10.3. The minimum Gasteiger partial charge on any atom is -0.338 e. The van der Waals surface area contributed by atoms with Gasteiger partial charge < -0.3 is 5.32 Å². The number of fused-ring (bicyclic) bond motifs is 1. The summed E-state index contributed by atoms with van der Waals surface area (Å²) in [5.41, 5.74) is 1.25. The predicted octanol–water partition coefficient (Wildman–Crippen LogP) is 4.12. The van der Waals surface area contributed by atoms with E-state index in [0.29, 0.717) is 16.6 Å². The average molecular weight is 383 g/mol. The SMILES string of the molecule is CCCCCC[NH2+][C@@H](CC)c1nc2ccccc2c(=O)n1-c1ccc(F)cc1. The fourth-order valence-electron chi connectivity index (χ4n) is 3.58. The van der Waals surface area contributed by atoms with E-state index < -0.39 is 0 Å². The van der Waals surface area contributed by atoms with E-state index in [1.807, 2.05) is 18.2 Å². The first kappa shape index (κ1) is 20.2. The van der Waals surface area contributed by atoms with Crippen molar-refractivity contribution in [1.29, 1.82) is 0 Å².